The Morgan fingerprint density at radius 2 is 1.77 bits per heavy atom. The lowest BCUT2D eigenvalue weighted by Gasteiger charge is -2.33. The molecule has 9 nitrogen and oxygen atoms in total. The maximum atomic E-state index is 14.2. The van der Waals surface area contributed by atoms with Crippen LogP contribution >= 0.6 is 0 Å². The summed E-state index contributed by atoms with van der Waals surface area (Å²) in [5.41, 5.74) is 2.24. The second-order valence-electron chi connectivity index (χ2n) is 10.4. The van der Waals surface area contributed by atoms with Crippen LogP contribution in [-0.4, -0.2) is 57.5 Å². The average Bonchev–Trinajstić information content (AvgIpc) is 3.28. The van der Waals surface area contributed by atoms with Gasteiger partial charge in [-0.2, -0.15) is 5.10 Å². The van der Waals surface area contributed by atoms with Crippen molar-refractivity contribution in [2.45, 2.75) is 38.5 Å². The third kappa shape index (κ3) is 5.65. The van der Waals surface area contributed by atoms with Gasteiger partial charge in [0.25, 0.3) is 11.6 Å². The highest BCUT2D eigenvalue weighted by Gasteiger charge is 2.31. The molecule has 2 aromatic carbocycles. The van der Waals surface area contributed by atoms with E-state index in [0.29, 0.717) is 44.6 Å². The van der Waals surface area contributed by atoms with Gasteiger partial charge in [-0.25, -0.2) is 8.78 Å². The fourth-order valence-corrected chi connectivity index (χ4v) is 5.76. The number of hydrogen-bond donors (Lipinski definition) is 0. The third-order valence-corrected chi connectivity index (χ3v) is 7.91. The first-order chi connectivity index (χ1) is 19.2. The SMILES string of the molecule is Cn1nc2c(c1N(CCN1CCC(C(=O)c3ccc(F)cc3F)CC1)C(=O)c1ccc([N+](=O)[O-])cc1)CCCC2. The molecule has 210 valence electrons. The molecule has 1 fully saturated rings. The Labute approximate surface area is 230 Å². The number of rotatable bonds is 8. The zero-order valence-electron chi connectivity index (χ0n) is 22.3. The van der Waals surface area contributed by atoms with Crippen molar-refractivity contribution < 1.29 is 23.3 Å². The van der Waals surface area contributed by atoms with E-state index in [1.54, 1.807) is 9.58 Å². The van der Waals surface area contributed by atoms with Gasteiger partial charge in [0.05, 0.1) is 16.2 Å². The molecule has 0 N–H and O–H groups in total. The summed E-state index contributed by atoms with van der Waals surface area (Å²) in [5.74, 6) is -1.73. The molecule has 1 aromatic heterocycles. The van der Waals surface area contributed by atoms with Gasteiger partial charge >= 0.3 is 0 Å². The summed E-state index contributed by atoms with van der Waals surface area (Å²) in [5, 5.41) is 15.8. The number of piperidine rings is 1. The smallest absolute Gasteiger partial charge is 0.269 e. The van der Waals surface area contributed by atoms with Crippen LogP contribution in [0, 0.1) is 27.7 Å². The van der Waals surface area contributed by atoms with E-state index >= 15 is 0 Å². The second kappa shape index (κ2) is 11.6. The maximum absolute atomic E-state index is 14.2. The van der Waals surface area contributed by atoms with E-state index in [1.807, 2.05) is 7.05 Å². The highest BCUT2D eigenvalue weighted by atomic mass is 19.1. The Morgan fingerprint density at radius 1 is 1.07 bits per heavy atom. The first-order valence-corrected chi connectivity index (χ1v) is 13.6. The number of ketones is 1. The van der Waals surface area contributed by atoms with Gasteiger partial charge < -0.3 is 4.90 Å². The van der Waals surface area contributed by atoms with Gasteiger partial charge in [0.1, 0.15) is 17.5 Å². The van der Waals surface area contributed by atoms with Crippen molar-refractivity contribution in [3.05, 3.63) is 86.6 Å². The molecule has 0 spiro atoms. The highest BCUT2D eigenvalue weighted by molar-refractivity contribution is 6.06. The molecule has 3 aromatic rings. The molecule has 5 rings (SSSR count). The molecular weight excluding hydrogens is 520 g/mol. The van der Waals surface area contributed by atoms with Crippen molar-refractivity contribution in [1.29, 1.82) is 0 Å². The molecule has 0 saturated carbocycles. The van der Waals surface area contributed by atoms with Gasteiger partial charge in [0.15, 0.2) is 5.78 Å². The lowest BCUT2D eigenvalue weighted by Crippen LogP contribution is -2.43. The standard InChI is InChI=1S/C29H31F2N5O4/c1-33-28(24-4-2-3-5-26(24)32-33)35(29(38)20-6-9-22(10-7-20)36(39)40)17-16-34-14-12-19(13-15-34)27(37)23-11-8-21(30)18-25(23)31/h6-11,18-19H,2-5,12-17H2,1H3. The van der Waals surface area contributed by atoms with E-state index in [9.17, 15) is 28.5 Å². The van der Waals surface area contributed by atoms with Crippen molar-refractivity contribution in [2.75, 3.05) is 31.1 Å². The summed E-state index contributed by atoms with van der Waals surface area (Å²) < 4.78 is 29.2. The lowest BCUT2D eigenvalue weighted by atomic mass is 9.88. The van der Waals surface area contributed by atoms with Crippen molar-refractivity contribution in [2.24, 2.45) is 13.0 Å². The number of hydrogen-bond acceptors (Lipinski definition) is 6. The van der Waals surface area contributed by atoms with Crippen LogP contribution in [0.15, 0.2) is 42.5 Å². The first kappa shape index (κ1) is 27.6. The molecule has 1 aliphatic carbocycles. The number of anilines is 1. The molecule has 0 radical (unpaired) electrons. The number of carbonyl (C=O) groups excluding carboxylic acids is 2. The van der Waals surface area contributed by atoms with Gasteiger partial charge in [0, 0.05) is 55.4 Å². The molecule has 2 aliphatic rings. The van der Waals surface area contributed by atoms with Crippen LogP contribution < -0.4 is 4.90 Å². The zero-order valence-corrected chi connectivity index (χ0v) is 22.3. The van der Waals surface area contributed by atoms with E-state index < -0.39 is 16.6 Å². The van der Waals surface area contributed by atoms with Crippen molar-refractivity contribution in [1.82, 2.24) is 14.7 Å². The number of nitro groups is 1. The first-order valence-electron chi connectivity index (χ1n) is 13.6. The van der Waals surface area contributed by atoms with Crippen LogP contribution in [0.4, 0.5) is 20.3 Å². The van der Waals surface area contributed by atoms with E-state index in [-0.39, 0.29) is 28.9 Å². The summed E-state index contributed by atoms with van der Waals surface area (Å²) in [6.07, 6.45) is 4.83. The number of aryl methyl sites for hydroxylation is 2. The number of non-ortho nitro benzene ring substituents is 1. The number of likely N-dealkylation sites (tertiary alicyclic amines) is 1. The Bertz CT molecular complexity index is 1430. The Hall–Kier alpha value is -3.99. The fourth-order valence-electron chi connectivity index (χ4n) is 5.76. The highest BCUT2D eigenvalue weighted by Crippen LogP contribution is 2.31. The number of benzene rings is 2. The number of carbonyl (C=O) groups is 2. The van der Waals surface area contributed by atoms with Gasteiger partial charge in [-0.05, 0) is 75.9 Å². The Balaban J connectivity index is 1.30. The number of fused-ring (bicyclic) bond motifs is 1. The quantitative estimate of drug-likeness (QED) is 0.228. The lowest BCUT2D eigenvalue weighted by molar-refractivity contribution is -0.384. The summed E-state index contributed by atoms with van der Waals surface area (Å²) in [6, 6.07) is 8.64. The van der Waals surface area contributed by atoms with Crippen LogP contribution in [0.5, 0.6) is 0 Å². The molecule has 0 bridgehead atoms. The minimum atomic E-state index is -0.840. The number of aromatic nitrogens is 2. The molecule has 2 heterocycles. The zero-order chi connectivity index (χ0) is 28.4. The number of Topliss-reactive ketones (excluding diaryl/α,β-unsaturated/α-hetero) is 1. The molecule has 0 atom stereocenters. The average molecular weight is 552 g/mol. The van der Waals surface area contributed by atoms with Crippen LogP contribution in [0.3, 0.4) is 0 Å². The molecule has 1 saturated heterocycles. The summed E-state index contributed by atoms with van der Waals surface area (Å²) in [7, 11) is 1.83. The van der Waals surface area contributed by atoms with Crippen LogP contribution in [0.2, 0.25) is 0 Å². The minimum Gasteiger partial charge on any atom is -0.302 e. The maximum Gasteiger partial charge on any atom is 0.269 e. The van der Waals surface area contributed by atoms with E-state index in [4.69, 9.17) is 0 Å². The van der Waals surface area contributed by atoms with Crippen LogP contribution in [0.25, 0.3) is 0 Å². The molecule has 1 aliphatic heterocycles. The second-order valence-corrected chi connectivity index (χ2v) is 10.4. The van der Waals surface area contributed by atoms with E-state index in [1.165, 1.54) is 30.3 Å². The van der Waals surface area contributed by atoms with Gasteiger partial charge in [-0.1, -0.05) is 0 Å². The molecule has 40 heavy (non-hydrogen) atoms. The molecular formula is C29H31F2N5O4. The summed E-state index contributed by atoms with van der Waals surface area (Å²) >= 11 is 0. The van der Waals surface area contributed by atoms with Crippen LogP contribution in [0.1, 0.15) is 57.7 Å². The number of nitrogens with zero attached hydrogens (tertiary/aromatic N) is 5. The third-order valence-electron chi connectivity index (χ3n) is 7.91. The summed E-state index contributed by atoms with van der Waals surface area (Å²) in [6.45, 7) is 2.11. The van der Waals surface area contributed by atoms with Crippen molar-refractivity contribution in [3.63, 3.8) is 0 Å². The fraction of sp³-hybridized carbons (Fsp3) is 0.414. The molecule has 11 heteroatoms. The minimum absolute atomic E-state index is 0.0827. The van der Waals surface area contributed by atoms with Crippen LogP contribution in [-0.2, 0) is 19.9 Å². The topological polar surface area (TPSA) is 102 Å². The summed E-state index contributed by atoms with van der Waals surface area (Å²) in [4.78, 5) is 41.1. The number of halogens is 2. The monoisotopic (exact) mass is 551 g/mol. The predicted octanol–water partition coefficient (Wildman–Crippen LogP) is 4.73. The van der Waals surface area contributed by atoms with E-state index in [2.05, 4.69) is 10.00 Å². The molecule has 0 unspecified atom stereocenters. The van der Waals surface area contributed by atoms with Gasteiger partial charge in [-0.3, -0.25) is 29.3 Å². The Morgan fingerprint density at radius 3 is 2.45 bits per heavy atom. The number of amides is 1. The van der Waals surface area contributed by atoms with Gasteiger partial charge in [-0.15, -0.1) is 0 Å². The van der Waals surface area contributed by atoms with Crippen molar-refractivity contribution in [3.8, 4) is 0 Å². The number of nitro benzene ring substituents is 1. The predicted molar refractivity (Wildman–Crippen MR) is 144 cm³/mol. The Kier molecular flexibility index (Phi) is 8.02. The molecule has 1 amide bonds. The largest absolute Gasteiger partial charge is 0.302 e. The van der Waals surface area contributed by atoms with Crippen molar-refractivity contribution >= 4 is 23.2 Å². The van der Waals surface area contributed by atoms with Gasteiger partial charge in [0.2, 0.25) is 0 Å². The van der Waals surface area contributed by atoms with E-state index in [0.717, 1.165) is 54.9 Å². The normalized spacial score (nSPS) is 16.0.